The summed E-state index contributed by atoms with van der Waals surface area (Å²) in [5.41, 5.74) is 1.97. The summed E-state index contributed by atoms with van der Waals surface area (Å²) in [4.78, 5) is 38.8. The van der Waals surface area contributed by atoms with Crippen LogP contribution in [0.15, 0.2) is 47.6 Å². The predicted molar refractivity (Wildman–Crippen MR) is 106 cm³/mol. The van der Waals surface area contributed by atoms with Crippen LogP contribution in [0.2, 0.25) is 0 Å². The van der Waals surface area contributed by atoms with Gasteiger partial charge in [0, 0.05) is 29.8 Å². The molecule has 0 aromatic heterocycles. The fourth-order valence-corrected chi connectivity index (χ4v) is 4.89. The van der Waals surface area contributed by atoms with E-state index in [1.807, 2.05) is 36.5 Å². The quantitative estimate of drug-likeness (QED) is 0.654. The molecule has 1 aliphatic heterocycles. The largest absolute Gasteiger partial charge is 0.348 e. The second-order valence-corrected chi connectivity index (χ2v) is 8.75. The average molecular weight is 385 g/mol. The highest BCUT2D eigenvalue weighted by molar-refractivity contribution is 8.00. The SMILES string of the molecule is O=C(NC(CSC1CC(=O)N(C2CCC2)C1=O)CC1=CC=C1)C1=CC=CC1. The van der Waals surface area contributed by atoms with Crippen LogP contribution in [-0.4, -0.2) is 45.7 Å². The molecule has 142 valence electrons. The molecule has 0 aromatic carbocycles. The molecule has 4 aliphatic rings. The molecule has 2 atom stereocenters. The maximum Gasteiger partial charge on any atom is 0.247 e. The molecule has 2 unspecified atom stereocenters. The van der Waals surface area contributed by atoms with Crippen LogP contribution in [-0.2, 0) is 14.4 Å². The Morgan fingerprint density at radius 1 is 1.26 bits per heavy atom. The van der Waals surface area contributed by atoms with Crippen molar-refractivity contribution in [2.45, 2.75) is 55.9 Å². The lowest BCUT2D eigenvalue weighted by atomic mass is 9.92. The van der Waals surface area contributed by atoms with Crippen LogP contribution in [0, 0.1) is 0 Å². The number of nitrogens with zero attached hydrogens (tertiary/aromatic N) is 1. The Morgan fingerprint density at radius 3 is 2.67 bits per heavy atom. The van der Waals surface area contributed by atoms with E-state index < -0.39 is 0 Å². The first-order valence-electron chi connectivity index (χ1n) is 9.63. The van der Waals surface area contributed by atoms with Crippen LogP contribution in [0.5, 0.6) is 0 Å². The number of allylic oxidation sites excluding steroid dienone is 6. The molecule has 4 rings (SSSR count). The number of imide groups is 1. The monoisotopic (exact) mass is 384 g/mol. The Bertz CT molecular complexity index is 776. The number of amides is 3. The molecule has 27 heavy (non-hydrogen) atoms. The third-order valence-electron chi connectivity index (χ3n) is 5.58. The highest BCUT2D eigenvalue weighted by atomic mass is 32.2. The molecule has 3 amide bonds. The summed E-state index contributed by atoms with van der Waals surface area (Å²) in [6.07, 6.45) is 16.5. The van der Waals surface area contributed by atoms with Crippen LogP contribution in [0.25, 0.3) is 0 Å². The number of carbonyl (C=O) groups excluding carboxylic acids is 3. The van der Waals surface area contributed by atoms with Crippen LogP contribution in [0.4, 0.5) is 0 Å². The van der Waals surface area contributed by atoms with E-state index in [4.69, 9.17) is 0 Å². The maximum atomic E-state index is 12.6. The first kappa shape index (κ1) is 18.3. The minimum atomic E-state index is -0.309. The first-order valence-corrected chi connectivity index (χ1v) is 10.7. The number of thioether (sulfide) groups is 1. The van der Waals surface area contributed by atoms with Crippen LogP contribution in [0.3, 0.4) is 0 Å². The van der Waals surface area contributed by atoms with E-state index in [1.54, 1.807) is 0 Å². The summed E-state index contributed by atoms with van der Waals surface area (Å²) < 4.78 is 0. The third-order valence-corrected chi connectivity index (χ3v) is 6.95. The standard InChI is InChI=1S/C21H24N2O3S/c24-19-12-18(21(26)23(19)17-9-4-10-17)27-13-16(11-14-5-3-6-14)22-20(25)15-7-1-2-8-15/h1-3,5-7,16-18H,4,8-13H2,(H,22,25). The number of nitrogens with one attached hydrogen (secondary N) is 1. The normalized spacial score (nSPS) is 25.2. The van der Waals surface area contributed by atoms with E-state index in [0.717, 1.165) is 31.3 Å². The van der Waals surface area contributed by atoms with Crippen molar-refractivity contribution in [3.63, 3.8) is 0 Å². The number of hydrogen-bond acceptors (Lipinski definition) is 4. The highest BCUT2D eigenvalue weighted by Crippen LogP contribution is 2.34. The van der Waals surface area contributed by atoms with Gasteiger partial charge in [-0.1, -0.05) is 36.5 Å². The van der Waals surface area contributed by atoms with Crippen molar-refractivity contribution < 1.29 is 14.4 Å². The van der Waals surface area contributed by atoms with Gasteiger partial charge in [0.05, 0.1) is 5.25 Å². The molecule has 0 spiro atoms. The Kier molecular flexibility index (Phi) is 5.34. The van der Waals surface area contributed by atoms with E-state index in [1.165, 1.54) is 22.2 Å². The summed E-state index contributed by atoms with van der Waals surface area (Å²) in [6, 6.07) is 0.0685. The summed E-state index contributed by atoms with van der Waals surface area (Å²) >= 11 is 1.51. The van der Waals surface area contributed by atoms with E-state index in [-0.39, 0.29) is 35.1 Å². The molecule has 3 aliphatic carbocycles. The Labute approximate surface area is 163 Å². The van der Waals surface area contributed by atoms with Gasteiger partial charge in [-0.05, 0) is 37.7 Å². The molecular formula is C21H24N2O3S. The second kappa shape index (κ2) is 7.89. The zero-order valence-corrected chi connectivity index (χ0v) is 16.0. The lowest BCUT2D eigenvalue weighted by Crippen LogP contribution is -2.44. The van der Waals surface area contributed by atoms with Gasteiger partial charge in [0.25, 0.3) is 0 Å². The summed E-state index contributed by atoms with van der Waals surface area (Å²) in [7, 11) is 0. The topological polar surface area (TPSA) is 66.5 Å². The van der Waals surface area contributed by atoms with Gasteiger partial charge in [0.2, 0.25) is 17.7 Å². The fraction of sp³-hybridized carbons (Fsp3) is 0.476. The van der Waals surface area contributed by atoms with Gasteiger partial charge in [0.1, 0.15) is 0 Å². The zero-order valence-electron chi connectivity index (χ0n) is 15.2. The lowest BCUT2D eigenvalue weighted by Gasteiger charge is -2.33. The molecule has 2 fully saturated rings. The molecule has 1 N–H and O–H groups in total. The van der Waals surface area contributed by atoms with Crippen molar-refractivity contribution in [1.29, 1.82) is 0 Å². The van der Waals surface area contributed by atoms with Crippen LogP contribution in [0.1, 0.15) is 38.5 Å². The van der Waals surface area contributed by atoms with E-state index in [0.29, 0.717) is 18.6 Å². The predicted octanol–water partition coefficient (Wildman–Crippen LogP) is 2.66. The molecule has 0 radical (unpaired) electrons. The van der Waals surface area contributed by atoms with Gasteiger partial charge in [-0.15, -0.1) is 11.8 Å². The summed E-state index contributed by atoms with van der Waals surface area (Å²) in [6.45, 7) is 0. The van der Waals surface area contributed by atoms with Gasteiger partial charge in [-0.2, -0.15) is 0 Å². The molecule has 5 nitrogen and oxygen atoms in total. The number of rotatable bonds is 8. The third kappa shape index (κ3) is 3.95. The van der Waals surface area contributed by atoms with Crippen LogP contribution < -0.4 is 5.32 Å². The molecule has 0 bridgehead atoms. The Balaban J connectivity index is 1.34. The zero-order chi connectivity index (χ0) is 18.8. The average Bonchev–Trinajstić information content (AvgIpc) is 3.18. The molecule has 1 heterocycles. The molecule has 0 aromatic rings. The summed E-state index contributed by atoms with van der Waals surface area (Å²) in [5.74, 6) is 0.513. The molecule has 1 saturated heterocycles. The minimum Gasteiger partial charge on any atom is -0.348 e. The first-order chi connectivity index (χ1) is 13.1. The highest BCUT2D eigenvalue weighted by Gasteiger charge is 2.44. The van der Waals surface area contributed by atoms with Crippen molar-refractivity contribution in [1.82, 2.24) is 10.2 Å². The van der Waals surface area contributed by atoms with Crippen molar-refractivity contribution >= 4 is 29.5 Å². The van der Waals surface area contributed by atoms with E-state index in [9.17, 15) is 14.4 Å². The maximum absolute atomic E-state index is 12.6. The van der Waals surface area contributed by atoms with Crippen molar-refractivity contribution in [2.24, 2.45) is 0 Å². The molecule has 6 heteroatoms. The number of hydrogen-bond donors (Lipinski definition) is 1. The van der Waals surface area contributed by atoms with Crippen molar-refractivity contribution in [3.05, 3.63) is 47.6 Å². The number of likely N-dealkylation sites (tertiary alicyclic amines) is 1. The Hall–Kier alpha value is -2.08. The summed E-state index contributed by atoms with van der Waals surface area (Å²) in [5, 5.41) is 2.80. The number of carbonyl (C=O) groups is 3. The van der Waals surface area contributed by atoms with Crippen LogP contribution >= 0.6 is 11.8 Å². The lowest BCUT2D eigenvalue weighted by molar-refractivity contribution is -0.142. The minimum absolute atomic E-state index is 0.0328. The van der Waals surface area contributed by atoms with Gasteiger partial charge in [-0.25, -0.2) is 0 Å². The van der Waals surface area contributed by atoms with Gasteiger partial charge < -0.3 is 5.32 Å². The molecule has 1 saturated carbocycles. The second-order valence-electron chi connectivity index (χ2n) is 7.51. The smallest absolute Gasteiger partial charge is 0.247 e. The van der Waals surface area contributed by atoms with Crippen molar-refractivity contribution in [3.8, 4) is 0 Å². The van der Waals surface area contributed by atoms with Gasteiger partial charge >= 0.3 is 0 Å². The Morgan fingerprint density at radius 2 is 2.07 bits per heavy atom. The van der Waals surface area contributed by atoms with Crippen molar-refractivity contribution in [2.75, 3.05) is 5.75 Å². The van der Waals surface area contributed by atoms with Gasteiger partial charge in [0.15, 0.2) is 0 Å². The fourth-order valence-electron chi connectivity index (χ4n) is 3.71. The van der Waals surface area contributed by atoms with E-state index >= 15 is 0 Å². The van der Waals surface area contributed by atoms with Gasteiger partial charge in [-0.3, -0.25) is 19.3 Å². The molecular weight excluding hydrogens is 360 g/mol. The van der Waals surface area contributed by atoms with E-state index in [2.05, 4.69) is 5.32 Å².